The summed E-state index contributed by atoms with van der Waals surface area (Å²) in [4.78, 5) is 13.5. The van der Waals surface area contributed by atoms with Crippen molar-refractivity contribution < 1.29 is 9.53 Å². The zero-order chi connectivity index (χ0) is 11.5. The molecule has 0 heterocycles. The first-order valence-corrected chi connectivity index (χ1v) is 6.05. The summed E-state index contributed by atoms with van der Waals surface area (Å²) in [7, 11) is 0. The number of ether oxygens (including phenoxy) is 1. The van der Waals surface area contributed by atoms with Gasteiger partial charge in [0.25, 0.3) is 0 Å². The molecule has 0 aliphatic carbocycles. The van der Waals surface area contributed by atoms with Gasteiger partial charge in [0, 0.05) is 12.3 Å². The lowest BCUT2D eigenvalue weighted by molar-refractivity contribution is -0.122. The van der Waals surface area contributed by atoms with Gasteiger partial charge in [-0.05, 0) is 13.1 Å². The topological polar surface area (TPSA) is 41.6 Å². The Balaban J connectivity index is 3.40. The van der Waals surface area contributed by atoms with E-state index < -0.39 is 0 Å². The van der Waals surface area contributed by atoms with Gasteiger partial charge in [-0.1, -0.05) is 13.8 Å². The second-order valence-electron chi connectivity index (χ2n) is 3.15. The van der Waals surface area contributed by atoms with E-state index in [1.54, 1.807) is 0 Å². The van der Waals surface area contributed by atoms with E-state index in [1.807, 2.05) is 13.8 Å². The van der Waals surface area contributed by atoms with Crippen molar-refractivity contribution in [2.24, 2.45) is 0 Å². The molecular weight excluding hydrogens is 212 g/mol. The summed E-state index contributed by atoms with van der Waals surface area (Å²) in [6, 6.07) is 0. The summed E-state index contributed by atoms with van der Waals surface area (Å²) in [6.45, 7) is 8.15. The molecule has 0 unspecified atom stereocenters. The van der Waals surface area contributed by atoms with Crippen molar-refractivity contribution in [3.05, 3.63) is 0 Å². The Hall–Kier alpha value is -0.260. The number of nitrogens with zero attached hydrogens (tertiary/aromatic N) is 1. The molecule has 4 nitrogen and oxygen atoms in total. The van der Waals surface area contributed by atoms with Crippen LogP contribution < -0.4 is 5.32 Å². The van der Waals surface area contributed by atoms with Crippen LogP contribution in [0.5, 0.6) is 0 Å². The van der Waals surface area contributed by atoms with Crippen molar-refractivity contribution in [3.63, 3.8) is 0 Å². The van der Waals surface area contributed by atoms with E-state index in [0.717, 1.165) is 13.1 Å². The Bertz CT molecular complexity index is 164. The van der Waals surface area contributed by atoms with Gasteiger partial charge in [0.1, 0.15) is 0 Å². The first kappa shape index (κ1) is 14.7. The Labute approximate surface area is 97.8 Å². The van der Waals surface area contributed by atoms with Crippen molar-refractivity contribution in [3.8, 4) is 0 Å². The van der Waals surface area contributed by atoms with Gasteiger partial charge < -0.3 is 10.1 Å². The second-order valence-corrected chi connectivity index (χ2v) is 3.59. The zero-order valence-corrected chi connectivity index (χ0v) is 10.6. The summed E-state index contributed by atoms with van der Waals surface area (Å²) < 4.78 is 5.19. The molecule has 5 heteroatoms. The van der Waals surface area contributed by atoms with E-state index in [0.29, 0.717) is 32.1 Å². The number of rotatable bonds is 9. The van der Waals surface area contributed by atoms with Crippen LogP contribution in [0, 0.1) is 0 Å². The van der Waals surface area contributed by atoms with E-state index in [2.05, 4.69) is 22.8 Å². The lowest BCUT2D eigenvalue weighted by Gasteiger charge is -2.17. The molecular formula is C10H22N2O2S. The molecule has 0 radical (unpaired) electrons. The van der Waals surface area contributed by atoms with Crippen LogP contribution in [-0.2, 0) is 9.53 Å². The van der Waals surface area contributed by atoms with Gasteiger partial charge in [-0.15, -0.1) is 0 Å². The highest BCUT2D eigenvalue weighted by Crippen LogP contribution is 1.85. The van der Waals surface area contributed by atoms with E-state index in [-0.39, 0.29) is 5.91 Å². The second kappa shape index (κ2) is 10.3. The lowest BCUT2D eigenvalue weighted by Crippen LogP contribution is -2.38. The van der Waals surface area contributed by atoms with Crippen LogP contribution in [0.4, 0.5) is 0 Å². The van der Waals surface area contributed by atoms with Crippen molar-refractivity contribution in [2.75, 3.05) is 45.1 Å². The molecule has 0 aromatic heterocycles. The molecule has 0 aliphatic heterocycles. The number of hydrogen-bond donors (Lipinski definition) is 2. The predicted octanol–water partition coefficient (Wildman–Crippen LogP) is 0.391. The monoisotopic (exact) mass is 234 g/mol. The van der Waals surface area contributed by atoms with E-state index in [1.165, 1.54) is 0 Å². The number of likely N-dealkylation sites (N-methyl/N-ethyl adjacent to an activating group) is 1. The van der Waals surface area contributed by atoms with Gasteiger partial charge in [0.05, 0.1) is 19.8 Å². The fraction of sp³-hybridized carbons (Fsp3) is 0.900. The third kappa shape index (κ3) is 8.72. The minimum atomic E-state index is 0.0631. The normalized spacial score (nSPS) is 10.7. The molecule has 0 bridgehead atoms. The number of nitrogens with one attached hydrogen (secondary N) is 1. The smallest absolute Gasteiger partial charge is 0.234 e. The molecule has 90 valence electrons. The number of hydrogen-bond acceptors (Lipinski definition) is 4. The van der Waals surface area contributed by atoms with Crippen LogP contribution in [0.2, 0.25) is 0 Å². The molecule has 1 amide bonds. The summed E-state index contributed by atoms with van der Waals surface area (Å²) in [5.74, 6) is 0.779. The number of carbonyl (C=O) groups is 1. The predicted molar refractivity (Wildman–Crippen MR) is 65.5 cm³/mol. The molecule has 0 aromatic carbocycles. The van der Waals surface area contributed by atoms with Crippen molar-refractivity contribution in [1.29, 1.82) is 0 Å². The number of carbonyl (C=O) groups excluding carboxylic acids is 1. The van der Waals surface area contributed by atoms with E-state index in [9.17, 15) is 4.79 Å². The van der Waals surface area contributed by atoms with Crippen LogP contribution >= 0.6 is 12.6 Å². The molecule has 0 aromatic rings. The highest BCUT2D eigenvalue weighted by molar-refractivity contribution is 7.80. The third-order valence-electron chi connectivity index (χ3n) is 2.07. The number of thiol groups is 1. The highest BCUT2D eigenvalue weighted by atomic mass is 32.1. The van der Waals surface area contributed by atoms with Crippen molar-refractivity contribution in [2.45, 2.75) is 13.8 Å². The quantitative estimate of drug-likeness (QED) is 0.448. The van der Waals surface area contributed by atoms with Gasteiger partial charge in [-0.2, -0.15) is 12.6 Å². The summed E-state index contributed by atoms with van der Waals surface area (Å²) in [5, 5.41) is 2.81. The van der Waals surface area contributed by atoms with Crippen molar-refractivity contribution in [1.82, 2.24) is 10.2 Å². The third-order valence-corrected chi connectivity index (χ3v) is 2.25. The SMILES string of the molecule is CCN(CC)CC(=O)NCCOCCS. The first-order valence-electron chi connectivity index (χ1n) is 5.42. The van der Waals surface area contributed by atoms with Gasteiger partial charge in [-0.3, -0.25) is 9.69 Å². The lowest BCUT2D eigenvalue weighted by atomic mass is 10.4. The first-order chi connectivity index (χ1) is 7.24. The number of amides is 1. The molecule has 0 saturated heterocycles. The van der Waals surface area contributed by atoms with Crippen LogP contribution in [0.15, 0.2) is 0 Å². The Morgan fingerprint density at radius 3 is 2.53 bits per heavy atom. The fourth-order valence-electron chi connectivity index (χ4n) is 1.14. The van der Waals surface area contributed by atoms with Gasteiger partial charge >= 0.3 is 0 Å². The Morgan fingerprint density at radius 1 is 1.33 bits per heavy atom. The zero-order valence-electron chi connectivity index (χ0n) is 9.66. The van der Waals surface area contributed by atoms with E-state index in [4.69, 9.17) is 4.74 Å². The molecule has 15 heavy (non-hydrogen) atoms. The van der Waals surface area contributed by atoms with Crippen molar-refractivity contribution >= 4 is 18.5 Å². The molecule has 0 fully saturated rings. The van der Waals surface area contributed by atoms with Crippen LogP contribution in [0.3, 0.4) is 0 Å². The molecule has 1 N–H and O–H groups in total. The molecule has 0 aliphatic rings. The van der Waals surface area contributed by atoms with Crippen LogP contribution in [0.25, 0.3) is 0 Å². The largest absolute Gasteiger partial charge is 0.379 e. The maximum Gasteiger partial charge on any atom is 0.234 e. The Kier molecular flexibility index (Phi) is 10.1. The summed E-state index contributed by atoms with van der Waals surface area (Å²) in [5.41, 5.74) is 0. The summed E-state index contributed by atoms with van der Waals surface area (Å²) >= 11 is 4.01. The van der Waals surface area contributed by atoms with Crippen LogP contribution in [-0.4, -0.2) is 56.0 Å². The summed E-state index contributed by atoms with van der Waals surface area (Å²) in [6.07, 6.45) is 0. The molecule has 0 saturated carbocycles. The maximum atomic E-state index is 11.4. The minimum Gasteiger partial charge on any atom is -0.379 e. The molecule has 0 rings (SSSR count). The van der Waals surface area contributed by atoms with Crippen LogP contribution in [0.1, 0.15) is 13.8 Å². The Morgan fingerprint density at radius 2 is 2.00 bits per heavy atom. The minimum absolute atomic E-state index is 0.0631. The average Bonchev–Trinajstić information content (AvgIpc) is 2.25. The molecule has 0 spiro atoms. The van der Waals surface area contributed by atoms with E-state index >= 15 is 0 Å². The highest BCUT2D eigenvalue weighted by Gasteiger charge is 2.05. The van der Waals surface area contributed by atoms with Gasteiger partial charge in [0.2, 0.25) is 5.91 Å². The average molecular weight is 234 g/mol. The van der Waals surface area contributed by atoms with Gasteiger partial charge in [0.15, 0.2) is 0 Å². The standard InChI is InChI=1S/C10H22N2O2S/c1-3-12(4-2)9-10(13)11-5-6-14-7-8-15/h15H,3-9H2,1-2H3,(H,11,13). The maximum absolute atomic E-state index is 11.4. The molecule has 0 atom stereocenters. The van der Waals surface area contributed by atoms with Gasteiger partial charge in [-0.25, -0.2) is 0 Å². The fourth-order valence-corrected chi connectivity index (χ4v) is 1.26.